The zero-order valence-electron chi connectivity index (χ0n) is 15.0. The van der Waals surface area contributed by atoms with Crippen molar-refractivity contribution in [2.75, 3.05) is 6.61 Å². The molecule has 1 heterocycles. The molecule has 0 bridgehead atoms. The van der Waals surface area contributed by atoms with Crippen LogP contribution in [0.5, 0.6) is 0 Å². The molecule has 2 aromatic carbocycles. The Hall–Kier alpha value is -3.07. The third kappa shape index (κ3) is 5.26. The molecule has 0 aliphatic rings. The highest BCUT2D eigenvalue weighted by atomic mass is 19.4. The Balaban J connectivity index is 1.66. The number of aliphatic hydroxyl groups is 1. The lowest BCUT2D eigenvalue weighted by molar-refractivity contribution is -0.137. The minimum Gasteiger partial charge on any atom is -0.396 e. The number of hydrogen-bond donors (Lipinski definition) is 1. The van der Waals surface area contributed by atoms with Crippen LogP contribution < -0.4 is 0 Å². The number of aromatic nitrogens is 2. The van der Waals surface area contributed by atoms with Crippen LogP contribution in [0.25, 0.3) is 11.4 Å². The van der Waals surface area contributed by atoms with Crippen molar-refractivity contribution in [3.63, 3.8) is 0 Å². The van der Waals surface area contributed by atoms with E-state index in [1.54, 1.807) is 0 Å². The molecule has 1 N–H and O–H groups in total. The Kier molecular flexibility index (Phi) is 6.07. The molecular formula is C20H16F4N2O3. The highest BCUT2D eigenvalue weighted by molar-refractivity contribution is 5.96. The average molecular weight is 408 g/mol. The van der Waals surface area contributed by atoms with E-state index in [4.69, 9.17) is 4.52 Å². The van der Waals surface area contributed by atoms with Crippen molar-refractivity contribution in [2.45, 2.75) is 19.0 Å². The Labute approximate surface area is 163 Å². The SMILES string of the molecule is O=C(C[C@H](CO)Cc1nc(-c2ccc(C(F)(F)F)cc2)no1)c1ccc(F)cc1. The number of rotatable bonds is 7. The topological polar surface area (TPSA) is 76.2 Å². The first-order valence-electron chi connectivity index (χ1n) is 8.66. The van der Waals surface area contributed by atoms with Crippen molar-refractivity contribution in [1.82, 2.24) is 10.1 Å². The molecule has 0 saturated heterocycles. The van der Waals surface area contributed by atoms with E-state index in [2.05, 4.69) is 10.1 Å². The lowest BCUT2D eigenvalue weighted by Gasteiger charge is -2.10. The number of aliphatic hydroxyl groups excluding tert-OH is 1. The summed E-state index contributed by atoms with van der Waals surface area (Å²) in [7, 11) is 0. The van der Waals surface area contributed by atoms with Gasteiger partial charge < -0.3 is 9.63 Å². The Morgan fingerprint density at radius 1 is 1.07 bits per heavy atom. The quantitative estimate of drug-likeness (QED) is 0.466. The van der Waals surface area contributed by atoms with Crippen LogP contribution in [0.2, 0.25) is 0 Å². The molecule has 0 aliphatic carbocycles. The van der Waals surface area contributed by atoms with E-state index in [0.29, 0.717) is 11.1 Å². The van der Waals surface area contributed by atoms with Crippen molar-refractivity contribution >= 4 is 5.78 Å². The lowest BCUT2D eigenvalue weighted by Crippen LogP contribution is -2.15. The largest absolute Gasteiger partial charge is 0.416 e. The van der Waals surface area contributed by atoms with Gasteiger partial charge in [-0.3, -0.25) is 4.79 Å². The molecule has 0 fully saturated rings. The monoisotopic (exact) mass is 408 g/mol. The highest BCUT2D eigenvalue weighted by Gasteiger charge is 2.30. The smallest absolute Gasteiger partial charge is 0.396 e. The summed E-state index contributed by atoms with van der Waals surface area (Å²) in [6, 6.07) is 9.39. The molecule has 9 heteroatoms. The lowest BCUT2D eigenvalue weighted by atomic mass is 9.96. The fourth-order valence-corrected chi connectivity index (χ4v) is 2.73. The van der Waals surface area contributed by atoms with E-state index in [-0.39, 0.29) is 36.9 Å². The number of benzene rings is 2. The fourth-order valence-electron chi connectivity index (χ4n) is 2.73. The molecular weight excluding hydrogens is 392 g/mol. The van der Waals surface area contributed by atoms with Gasteiger partial charge in [-0.25, -0.2) is 4.39 Å². The van der Waals surface area contributed by atoms with Gasteiger partial charge in [0.15, 0.2) is 5.78 Å². The molecule has 0 unspecified atom stereocenters. The molecule has 3 rings (SSSR count). The minimum atomic E-state index is -4.44. The van der Waals surface area contributed by atoms with E-state index >= 15 is 0 Å². The number of hydrogen-bond acceptors (Lipinski definition) is 5. The van der Waals surface area contributed by atoms with Gasteiger partial charge in [0.2, 0.25) is 11.7 Å². The summed E-state index contributed by atoms with van der Waals surface area (Å²) in [4.78, 5) is 16.4. The van der Waals surface area contributed by atoms with E-state index in [9.17, 15) is 27.5 Å². The van der Waals surface area contributed by atoms with Crippen LogP contribution in [-0.4, -0.2) is 27.6 Å². The summed E-state index contributed by atoms with van der Waals surface area (Å²) in [5, 5.41) is 13.3. The number of carbonyl (C=O) groups excluding carboxylic acids is 1. The number of alkyl halides is 3. The number of carbonyl (C=O) groups is 1. The molecule has 0 aliphatic heterocycles. The number of halogens is 4. The minimum absolute atomic E-state index is 0.0138. The third-order valence-electron chi connectivity index (χ3n) is 4.30. The second-order valence-electron chi connectivity index (χ2n) is 6.47. The van der Waals surface area contributed by atoms with Crippen LogP contribution in [0.15, 0.2) is 53.1 Å². The summed E-state index contributed by atoms with van der Waals surface area (Å²) in [6.07, 6.45) is -4.34. The van der Waals surface area contributed by atoms with E-state index in [1.165, 1.54) is 36.4 Å². The summed E-state index contributed by atoms with van der Waals surface area (Å²) >= 11 is 0. The standard InChI is InChI=1S/C20H16F4N2O3/c21-16-7-3-13(4-8-16)17(28)9-12(11-27)10-18-25-19(26-29-18)14-1-5-15(6-2-14)20(22,23)24/h1-8,12,27H,9-11H2/t12-/m0/s1. The third-order valence-corrected chi connectivity index (χ3v) is 4.30. The molecule has 152 valence electrons. The van der Waals surface area contributed by atoms with Gasteiger partial charge >= 0.3 is 6.18 Å². The van der Waals surface area contributed by atoms with Crippen LogP contribution in [-0.2, 0) is 12.6 Å². The highest BCUT2D eigenvalue weighted by Crippen LogP contribution is 2.30. The van der Waals surface area contributed by atoms with Gasteiger partial charge in [-0.15, -0.1) is 0 Å². The zero-order valence-corrected chi connectivity index (χ0v) is 15.0. The van der Waals surface area contributed by atoms with E-state index in [1.807, 2.05) is 0 Å². The van der Waals surface area contributed by atoms with Crippen molar-refractivity contribution in [2.24, 2.45) is 5.92 Å². The van der Waals surface area contributed by atoms with Crippen molar-refractivity contribution in [3.8, 4) is 11.4 Å². The summed E-state index contributed by atoms with van der Waals surface area (Å²) in [6.45, 7) is -0.315. The van der Waals surface area contributed by atoms with Crippen LogP contribution in [0, 0.1) is 11.7 Å². The molecule has 1 atom stereocenters. The van der Waals surface area contributed by atoms with Gasteiger partial charge in [0, 0.05) is 30.6 Å². The van der Waals surface area contributed by atoms with Gasteiger partial charge in [-0.1, -0.05) is 17.3 Å². The molecule has 0 radical (unpaired) electrons. The number of ketones is 1. The Morgan fingerprint density at radius 2 is 1.72 bits per heavy atom. The molecule has 0 saturated carbocycles. The second kappa shape index (κ2) is 8.52. The first kappa shape index (κ1) is 20.7. The summed E-state index contributed by atoms with van der Waals surface area (Å²) < 4.78 is 56.0. The Bertz CT molecular complexity index is 967. The van der Waals surface area contributed by atoms with Gasteiger partial charge in [-0.05, 0) is 42.3 Å². The molecule has 1 aromatic heterocycles. The van der Waals surface area contributed by atoms with Crippen molar-refractivity contribution in [3.05, 3.63) is 71.4 Å². The van der Waals surface area contributed by atoms with Gasteiger partial charge in [0.1, 0.15) is 5.82 Å². The van der Waals surface area contributed by atoms with Gasteiger partial charge in [-0.2, -0.15) is 18.2 Å². The molecule has 5 nitrogen and oxygen atoms in total. The van der Waals surface area contributed by atoms with Crippen molar-refractivity contribution < 1.29 is 32.0 Å². The first-order chi connectivity index (χ1) is 13.8. The van der Waals surface area contributed by atoms with Gasteiger partial charge in [0.25, 0.3) is 0 Å². The molecule has 0 spiro atoms. The maximum atomic E-state index is 13.0. The van der Waals surface area contributed by atoms with E-state index < -0.39 is 23.5 Å². The number of Topliss-reactive ketones (excluding diaryl/α,β-unsaturated/α-hetero) is 1. The summed E-state index contributed by atoms with van der Waals surface area (Å²) in [5.41, 5.74) is -0.124. The summed E-state index contributed by atoms with van der Waals surface area (Å²) in [5.74, 6) is -0.983. The molecule has 3 aromatic rings. The zero-order chi connectivity index (χ0) is 21.0. The predicted molar refractivity (Wildman–Crippen MR) is 94.4 cm³/mol. The maximum Gasteiger partial charge on any atom is 0.416 e. The van der Waals surface area contributed by atoms with E-state index in [0.717, 1.165) is 12.1 Å². The van der Waals surface area contributed by atoms with Crippen LogP contribution >= 0.6 is 0 Å². The molecule has 29 heavy (non-hydrogen) atoms. The predicted octanol–water partition coefficient (Wildman–Crippen LogP) is 4.32. The molecule has 0 amide bonds. The van der Waals surface area contributed by atoms with Crippen LogP contribution in [0.4, 0.5) is 17.6 Å². The second-order valence-corrected chi connectivity index (χ2v) is 6.47. The normalized spacial score (nSPS) is 12.7. The maximum absolute atomic E-state index is 13.0. The number of nitrogens with zero attached hydrogens (tertiary/aromatic N) is 2. The van der Waals surface area contributed by atoms with Gasteiger partial charge in [0.05, 0.1) is 5.56 Å². The van der Waals surface area contributed by atoms with Crippen molar-refractivity contribution in [1.29, 1.82) is 0 Å². The average Bonchev–Trinajstić information content (AvgIpc) is 3.16. The first-order valence-corrected chi connectivity index (χ1v) is 8.66. The van der Waals surface area contributed by atoms with Crippen LogP contribution in [0.3, 0.4) is 0 Å². The van der Waals surface area contributed by atoms with Crippen LogP contribution in [0.1, 0.15) is 28.2 Å². The fraction of sp³-hybridized carbons (Fsp3) is 0.250. The Morgan fingerprint density at radius 3 is 2.31 bits per heavy atom.